The Bertz CT molecular complexity index is 1360. The van der Waals surface area contributed by atoms with Crippen molar-refractivity contribution in [3.63, 3.8) is 0 Å². The first-order valence-corrected chi connectivity index (χ1v) is 12.8. The van der Waals surface area contributed by atoms with Crippen LogP contribution >= 0.6 is 24.0 Å². The average Bonchev–Trinajstić information content (AvgIpc) is 2.89. The number of halogens is 5. The molecule has 12 heteroatoms. The Balaban J connectivity index is 0.00000420. The van der Waals surface area contributed by atoms with Crippen molar-refractivity contribution in [3.05, 3.63) is 91.7 Å². The standard InChI is InChI=1S/C27H30ClF3N4O3.ClH/c1-20-17-34(26(37)35(25(20)36)18-21-6-3-2-4-7-21)11-5-10-32-12-14-33(15-13-32)23-9-8-22(28)16-24(23)38-19-27(29,30)31;/h2-4,6-9,16-17H,5,10-15,18-19H2,1H3;1H. The zero-order valence-corrected chi connectivity index (χ0v) is 23.1. The first-order chi connectivity index (χ1) is 18.1. The highest BCUT2D eigenvalue weighted by Gasteiger charge is 2.29. The third-order valence-corrected chi connectivity index (χ3v) is 6.73. The van der Waals surface area contributed by atoms with Gasteiger partial charge in [0.05, 0.1) is 12.2 Å². The van der Waals surface area contributed by atoms with Gasteiger partial charge >= 0.3 is 11.9 Å². The molecular formula is C27H31Cl2F3N4O3. The summed E-state index contributed by atoms with van der Waals surface area (Å²) in [5, 5.41) is 0.310. The van der Waals surface area contributed by atoms with Gasteiger partial charge < -0.3 is 14.2 Å². The molecule has 0 bridgehead atoms. The smallest absolute Gasteiger partial charge is 0.422 e. The number of aromatic nitrogens is 2. The molecule has 0 unspecified atom stereocenters. The highest BCUT2D eigenvalue weighted by atomic mass is 35.5. The summed E-state index contributed by atoms with van der Waals surface area (Å²) in [6, 6.07) is 14.1. The zero-order valence-electron chi connectivity index (χ0n) is 21.5. The molecule has 39 heavy (non-hydrogen) atoms. The quantitative estimate of drug-likeness (QED) is 0.367. The molecule has 1 aliphatic rings. The van der Waals surface area contributed by atoms with Gasteiger partial charge in [0.25, 0.3) is 5.56 Å². The van der Waals surface area contributed by atoms with Crippen LogP contribution in [-0.4, -0.2) is 59.5 Å². The van der Waals surface area contributed by atoms with Crippen molar-refractivity contribution in [1.82, 2.24) is 14.0 Å². The summed E-state index contributed by atoms with van der Waals surface area (Å²) in [5.74, 6) is 0.114. The van der Waals surface area contributed by atoms with Gasteiger partial charge in [0.2, 0.25) is 0 Å². The number of hydrogen-bond donors (Lipinski definition) is 0. The Morgan fingerprint density at radius 1 is 0.974 bits per heavy atom. The van der Waals surface area contributed by atoms with Gasteiger partial charge in [-0.05, 0) is 37.6 Å². The fourth-order valence-electron chi connectivity index (χ4n) is 4.57. The molecule has 0 amide bonds. The zero-order chi connectivity index (χ0) is 27.3. The number of nitrogens with zero attached hydrogens (tertiary/aromatic N) is 4. The lowest BCUT2D eigenvalue weighted by Crippen LogP contribution is -2.47. The highest BCUT2D eigenvalue weighted by molar-refractivity contribution is 6.30. The minimum atomic E-state index is -4.44. The number of aryl methyl sites for hydroxylation is 2. The number of hydrogen-bond acceptors (Lipinski definition) is 5. The van der Waals surface area contributed by atoms with E-state index in [2.05, 4.69) is 4.90 Å². The largest absolute Gasteiger partial charge is 0.482 e. The summed E-state index contributed by atoms with van der Waals surface area (Å²) in [6.45, 7) is 4.43. The molecule has 0 spiro atoms. The maximum atomic E-state index is 13.0. The van der Waals surface area contributed by atoms with E-state index in [0.29, 0.717) is 55.4 Å². The van der Waals surface area contributed by atoms with Gasteiger partial charge in [-0.1, -0.05) is 41.9 Å². The van der Waals surface area contributed by atoms with E-state index in [4.69, 9.17) is 16.3 Å². The first kappa shape index (κ1) is 30.6. The number of rotatable bonds is 9. The molecule has 1 saturated heterocycles. The second kappa shape index (κ2) is 13.4. The van der Waals surface area contributed by atoms with Gasteiger partial charge in [0, 0.05) is 55.6 Å². The predicted molar refractivity (Wildman–Crippen MR) is 149 cm³/mol. The molecule has 1 aliphatic heterocycles. The second-order valence-electron chi connectivity index (χ2n) is 9.36. The van der Waals surface area contributed by atoms with Crippen molar-refractivity contribution in [3.8, 4) is 5.75 Å². The van der Waals surface area contributed by atoms with Crippen molar-refractivity contribution in [2.75, 3.05) is 44.2 Å². The fourth-order valence-corrected chi connectivity index (χ4v) is 4.73. The number of alkyl halides is 3. The predicted octanol–water partition coefficient (Wildman–Crippen LogP) is 4.60. The lowest BCUT2D eigenvalue weighted by molar-refractivity contribution is -0.153. The minimum absolute atomic E-state index is 0. The maximum absolute atomic E-state index is 13.0. The minimum Gasteiger partial charge on any atom is -0.482 e. The summed E-state index contributed by atoms with van der Waals surface area (Å²) >= 11 is 5.99. The van der Waals surface area contributed by atoms with E-state index in [9.17, 15) is 22.8 Å². The van der Waals surface area contributed by atoms with Crippen LogP contribution < -0.4 is 20.9 Å². The van der Waals surface area contributed by atoms with Crippen LogP contribution in [0.5, 0.6) is 5.75 Å². The van der Waals surface area contributed by atoms with Crippen LogP contribution in [0.2, 0.25) is 5.02 Å². The van der Waals surface area contributed by atoms with E-state index in [1.807, 2.05) is 35.2 Å². The van der Waals surface area contributed by atoms with E-state index in [1.54, 1.807) is 29.8 Å². The van der Waals surface area contributed by atoms with Gasteiger partial charge in [-0.15, -0.1) is 12.4 Å². The van der Waals surface area contributed by atoms with Gasteiger partial charge in [0.15, 0.2) is 6.61 Å². The summed E-state index contributed by atoms with van der Waals surface area (Å²) < 4.78 is 45.9. The Kier molecular flexibility index (Phi) is 10.5. The van der Waals surface area contributed by atoms with E-state index in [1.165, 1.54) is 10.6 Å². The highest BCUT2D eigenvalue weighted by Crippen LogP contribution is 2.33. The molecule has 0 atom stereocenters. The molecule has 4 rings (SSSR count). The molecule has 7 nitrogen and oxygen atoms in total. The Morgan fingerprint density at radius 3 is 2.33 bits per heavy atom. The van der Waals surface area contributed by atoms with E-state index in [0.717, 1.165) is 12.1 Å². The van der Waals surface area contributed by atoms with Gasteiger partial charge in [-0.2, -0.15) is 13.2 Å². The summed E-state index contributed by atoms with van der Waals surface area (Å²) in [4.78, 5) is 29.9. The number of ether oxygens (including phenoxy) is 1. The Morgan fingerprint density at radius 2 is 1.67 bits per heavy atom. The van der Waals surface area contributed by atoms with Crippen molar-refractivity contribution in [1.29, 1.82) is 0 Å². The first-order valence-electron chi connectivity index (χ1n) is 12.4. The topological polar surface area (TPSA) is 59.7 Å². The molecular weight excluding hydrogens is 556 g/mol. The van der Waals surface area contributed by atoms with Crippen LogP contribution in [0, 0.1) is 6.92 Å². The third kappa shape index (κ3) is 8.27. The molecule has 212 valence electrons. The summed E-state index contributed by atoms with van der Waals surface area (Å²) in [7, 11) is 0. The number of benzene rings is 2. The van der Waals surface area contributed by atoms with Crippen LogP contribution in [0.4, 0.5) is 18.9 Å². The van der Waals surface area contributed by atoms with Crippen molar-refractivity contribution in [2.24, 2.45) is 0 Å². The van der Waals surface area contributed by atoms with Crippen molar-refractivity contribution < 1.29 is 17.9 Å². The molecule has 2 aromatic carbocycles. The SMILES string of the molecule is Cc1cn(CCCN2CCN(c3ccc(Cl)cc3OCC(F)(F)F)CC2)c(=O)n(Cc2ccccc2)c1=O.Cl. The van der Waals surface area contributed by atoms with Gasteiger partial charge in [-0.25, -0.2) is 4.79 Å². The van der Waals surface area contributed by atoms with Gasteiger partial charge in [0.1, 0.15) is 5.75 Å². The molecule has 0 N–H and O–H groups in total. The summed E-state index contributed by atoms with van der Waals surface area (Å²) in [5.41, 5.74) is 1.37. The normalized spacial score (nSPS) is 14.2. The van der Waals surface area contributed by atoms with Crippen LogP contribution in [0.15, 0.2) is 64.3 Å². The van der Waals surface area contributed by atoms with Gasteiger partial charge in [-0.3, -0.25) is 14.3 Å². The van der Waals surface area contributed by atoms with Crippen LogP contribution in [0.1, 0.15) is 17.5 Å². The summed E-state index contributed by atoms with van der Waals surface area (Å²) in [6.07, 6.45) is -2.11. The van der Waals surface area contributed by atoms with E-state index in [-0.39, 0.29) is 36.0 Å². The average molecular weight is 587 g/mol. The molecule has 0 aliphatic carbocycles. The van der Waals surface area contributed by atoms with Crippen LogP contribution in [0.25, 0.3) is 0 Å². The molecule has 3 aromatic rings. The van der Waals surface area contributed by atoms with Crippen LogP contribution in [0.3, 0.4) is 0 Å². The van der Waals surface area contributed by atoms with Crippen molar-refractivity contribution in [2.45, 2.75) is 32.6 Å². The Hall–Kier alpha value is -2.95. The van der Waals surface area contributed by atoms with Crippen LogP contribution in [-0.2, 0) is 13.1 Å². The Labute approximate surface area is 235 Å². The van der Waals surface area contributed by atoms with E-state index < -0.39 is 12.8 Å². The molecule has 1 aromatic heterocycles. The lowest BCUT2D eigenvalue weighted by atomic mass is 10.2. The lowest BCUT2D eigenvalue weighted by Gasteiger charge is -2.36. The number of anilines is 1. The number of piperazine rings is 1. The maximum Gasteiger partial charge on any atom is 0.422 e. The third-order valence-electron chi connectivity index (χ3n) is 6.49. The molecule has 0 radical (unpaired) electrons. The second-order valence-corrected chi connectivity index (χ2v) is 9.80. The van der Waals surface area contributed by atoms with Crippen molar-refractivity contribution >= 4 is 29.7 Å². The molecule has 0 saturated carbocycles. The molecule has 1 fully saturated rings. The monoisotopic (exact) mass is 586 g/mol. The fraction of sp³-hybridized carbons (Fsp3) is 0.407. The molecule has 2 heterocycles. The van der Waals surface area contributed by atoms with E-state index >= 15 is 0 Å².